The summed E-state index contributed by atoms with van der Waals surface area (Å²) in [6.45, 7) is 0.736. The fourth-order valence-corrected chi connectivity index (χ4v) is 2.68. The zero-order valence-corrected chi connectivity index (χ0v) is 12.2. The predicted octanol–water partition coefficient (Wildman–Crippen LogP) is 4.49. The predicted molar refractivity (Wildman–Crippen MR) is 83.4 cm³/mol. The van der Waals surface area contributed by atoms with E-state index in [1.165, 1.54) is 0 Å². The lowest BCUT2D eigenvalue weighted by molar-refractivity contribution is 0.283. The fourth-order valence-electron chi connectivity index (χ4n) is 2.39. The molecule has 0 fully saturated rings. The van der Waals surface area contributed by atoms with E-state index < -0.39 is 0 Å². The first-order valence-electron chi connectivity index (χ1n) is 6.30. The number of nitrogens with zero attached hydrogens (tertiary/aromatic N) is 1. The topological polar surface area (TPSA) is 25.2 Å². The van der Waals surface area contributed by atoms with Gasteiger partial charge in [0.25, 0.3) is 0 Å². The van der Waals surface area contributed by atoms with Gasteiger partial charge in [0.05, 0.1) is 6.61 Å². The van der Waals surface area contributed by atoms with E-state index in [9.17, 15) is 5.11 Å². The van der Waals surface area contributed by atoms with Crippen molar-refractivity contribution in [1.82, 2.24) is 4.57 Å². The number of aliphatic hydroxyl groups is 1. The van der Waals surface area contributed by atoms with Gasteiger partial charge in [-0.05, 0) is 35.9 Å². The van der Waals surface area contributed by atoms with E-state index in [0.29, 0.717) is 5.02 Å². The van der Waals surface area contributed by atoms with Gasteiger partial charge in [-0.1, -0.05) is 35.3 Å². The largest absolute Gasteiger partial charge is 0.392 e. The summed E-state index contributed by atoms with van der Waals surface area (Å²) in [4.78, 5) is 0. The number of aromatic nitrogens is 1. The van der Waals surface area contributed by atoms with E-state index in [-0.39, 0.29) is 6.61 Å². The molecule has 3 aromatic rings. The molecular formula is C16H13Cl2NO. The van der Waals surface area contributed by atoms with Gasteiger partial charge in [-0.25, -0.2) is 0 Å². The molecule has 0 aliphatic heterocycles. The highest BCUT2D eigenvalue weighted by molar-refractivity contribution is 6.31. The fraction of sp³-hybridized carbons (Fsp3) is 0.125. The summed E-state index contributed by atoms with van der Waals surface area (Å²) >= 11 is 11.9. The van der Waals surface area contributed by atoms with Gasteiger partial charge in [-0.2, -0.15) is 0 Å². The van der Waals surface area contributed by atoms with Gasteiger partial charge in [0.15, 0.2) is 0 Å². The van der Waals surface area contributed by atoms with Crippen LogP contribution in [0.3, 0.4) is 0 Å². The van der Waals surface area contributed by atoms with Crippen LogP contribution in [0.15, 0.2) is 48.7 Å². The van der Waals surface area contributed by atoms with Crippen LogP contribution in [-0.4, -0.2) is 9.67 Å². The molecule has 0 saturated carbocycles. The number of hydrogen-bond donors (Lipinski definition) is 1. The quantitative estimate of drug-likeness (QED) is 0.758. The lowest BCUT2D eigenvalue weighted by Gasteiger charge is -2.06. The molecule has 0 aliphatic rings. The summed E-state index contributed by atoms with van der Waals surface area (Å²) in [5.41, 5.74) is 3.11. The average Bonchev–Trinajstić information content (AvgIpc) is 2.78. The smallest absolute Gasteiger partial charge is 0.0702 e. The zero-order chi connectivity index (χ0) is 14.1. The third-order valence-electron chi connectivity index (χ3n) is 3.36. The Balaban J connectivity index is 2.05. The number of benzene rings is 2. The number of halogens is 2. The molecule has 2 aromatic carbocycles. The maximum Gasteiger partial charge on any atom is 0.0702 e. The molecule has 0 bridgehead atoms. The van der Waals surface area contributed by atoms with E-state index >= 15 is 0 Å². The molecule has 0 aliphatic carbocycles. The summed E-state index contributed by atoms with van der Waals surface area (Å²) in [5.74, 6) is 0. The van der Waals surface area contributed by atoms with Gasteiger partial charge in [-0.15, -0.1) is 0 Å². The molecule has 0 unspecified atom stereocenters. The van der Waals surface area contributed by atoms with Crippen molar-refractivity contribution >= 4 is 34.1 Å². The first kappa shape index (κ1) is 13.5. The number of hydrogen-bond acceptors (Lipinski definition) is 1. The summed E-state index contributed by atoms with van der Waals surface area (Å²) in [6.07, 6.45) is 1.97. The maximum absolute atomic E-state index is 9.47. The Labute approximate surface area is 127 Å². The summed E-state index contributed by atoms with van der Waals surface area (Å²) in [7, 11) is 0. The van der Waals surface area contributed by atoms with Crippen LogP contribution in [0.2, 0.25) is 10.0 Å². The van der Waals surface area contributed by atoms with Crippen LogP contribution in [0.5, 0.6) is 0 Å². The van der Waals surface area contributed by atoms with Crippen LogP contribution in [0.25, 0.3) is 10.9 Å². The average molecular weight is 306 g/mol. The molecule has 1 N–H and O–H groups in total. The molecule has 4 heteroatoms. The Bertz CT molecular complexity index is 747. The molecule has 0 radical (unpaired) electrons. The van der Waals surface area contributed by atoms with Crippen LogP contribution in [-0.2, 0) is 13.2 Å². The zero-order valence-electron chi connectivity index (χ0n) is 10.7. The second-order valence-electron chi connectivity index (χ2n) is 4.73. The van der Waals surface area contributed by atoms with E-state index in [2.05, 4.69) is 4.57 Å². The first-order valence-corrected chi connectivity index (χ1v) is 7.05. The Morgan fingerprint density at radius 2 is 1.65 bits per heavy atom. The SMILES string of the molecule is OCc1cn(Cc2ccc(Cl)cc2)c2ccc(Cl)cc12. The summed E-state index contributed by atoms with van der Waals surface area (Å²) < 4.78 is 2.11. The highest BCUT2D eigenvalue weighted by atomic mass is 35.5. The van der Waals surface area contributed by atoms with Gasteiger partial charge < -0.3 is 9.67 Å². The lowest BCUT2D eigenvalue weighted by atomic mass is 10.2. The van der Waals surface area contributed by atoms with E-state index in [1.807, 2.05) is 48.7 Å². The standard InChI is InChI=1S/C16H13Cl2NO/c17-13-3-1-11(2-4-13)8-19-9-12(10-20)15-7-14(18)5-6-16(15)19/h1-7,9,20H,8,10H2. The van der Waals surface area contributed by atoms with Crippen molar-refractivity contribution < 1.29 is 5.11 Å². The molecule has 0 atom stereocenters. The van der Waals surface area contributed by atoms with Gasteiger partial charge in [0.2, 0.25) is 0 Å². The third kappa shape index (κ3) is 2.55. The molecule has 3 rings (SSSR count). The van der Waals surface area contributed by atoms with Gasteiger partial charge in [0, 0.05) is 39.3 Å². The molecule has 102 valence electrons. The van der Waals surface area contributed by atoms with Crippen LogP contribution in [0, 0.1) is 0 Å². The van der Waals surface area contributed by atoms with Crippen molar-refractivity contribution in [2.45, 2.75) is 13.2 Å². The van der Waals surface area contributed by atoms with Crippen LogP contribution < -0.4 is 0 Å². The monoisotopic (exact) mass is 305 g/mol. The highest BCUT2D eigenvalue weighted by Gasteiger charge is 2.08. The molecule has 1 aromatic heterocycles. The summed E-state index contributed by atoms with van der Waals surface area (Å²) in [5, 5.41) is 11.9. The number of fused-ring (bicyclic) bond motifs is 1. The number of rotatable bonds is 3. The van der Waals surface area contributed by atoms with Crippen molar-refractivity contribution in [3.8, 4) is 0 Å². The molecule has 2 nitrogen and oxygen atoms in total. The van der Waals surface area contributed by atoms with Crippen molar-refractivity contribution in [3.63, 3.8) is 0 Å². The first-order chi connectivity index (χ1) is 9.67. The minimum absolute atomic E-state index is 0.00442. The second kappa shape index (κ2) is 5.49. The van der Waals surface area contributed by atoms with Crippen molar-refractivity contribution in [3.05, 3.63) is 69.8 Å². The normalized spacial score (nSPS) is 11.2. The summed E-state index contributed by atoms with van der Waals surface area (Å²) in [6, 6.07) is 13.5. The van der Waals surface area contributed by atoms with E-state index in [4.69, 9.17) is 23.2 Å². The molecular weight excluding hydrogens is 293 g/mol. The minimum atomic E-state index is 0.00442. The maximum atomic E-state index is 9.47. The minimum Gasteiger partial charge on any atom is -0.392 e. The van der Waals surface area contributed by atoms with E-state index in [1.54, 1.807) is 0 Å². The third-order valence-corrected chi connectivity index (χ3v) is 3.85. The van der Waals surface area contributed by atoms with E-state index in [0.717, 1.165) is 33.6 Å². The van der Waals surface area contributed by atoms with Gasteiger partial charge in [0.1, 0.15) is 0 Å². The molecule has 0 spiro atoms. The van der Waals surface area contributed by atoms with Crippen molar-refractivity contribution in [2.75, 3.05) is 0 Å². The lowest BCUT2D eigenvalue weighted by Crippen LogP contribution is -1.97. The Hall–Kier alpha value is -1.48. The van der Waals surface area contributed by atoms with Gasteiger partial charge >= 0.3 is 0 Å². The molecule has 20 heavy (non-hydrogen) atoms. The van der Waals surface area contributed by atoms with Gasteiger partial charge in [-0.3, -0.25) is 0 Å². The highest BCUT2D eigenvalue weighted by Crippen LogP contribution is 2.26. The van der Waals surface area contributed by atoms with Crippen LogP contribution in [0.4, 0.5) is 0 Å². The Morgan fingerprint density at radius 1 is 0.950 bits per heavy atom. The molecule has 0 amide bonds. The second-order valence-corrected chi connectivity index (χ2v) is 5.60. The van der Waals surface area contributed by atoms with Crippen molar-refractivity contribution in [1.29, 1.82) is 0 Å². The van der Waals surface area contributed by atoms with Crippen LogP contribution >= 0.6 is 23.2 Å². The van der Waals surface area contributed by atoms with Crippen molar-refractivity contribution in [2.24, 2.45) is 0 Å². The molecule has 1 heterocycles. The Morgan fingerprint density at radius 3 is 2.35 bits per heavy atom. The molecule has 0 saturated heterocycles. The van der Waals surface area contributed by atoms with Crippen LogP contribution in [0.1, 0.15) is 11.1 Å². The number of aliphatic hydroxyl groups excluding tert-OH is 1. The Kier molecular flexibility index (Phi) is 3.70.